The first-order chi connectivity index (χ1) is 6.55. The second kappa shape index (κ2) is 3.99. The molecule has 0 fully saturated rings. The molecular weight excluding hydrogens is 206 g/mol. The number of hydrogen-bond donors (Lipinski definition) is 0. The van der Waals surface area contributed by atoms with E-state index in [4.69, 9.17) is 5.53 Å². The summed E-state index contributed by atoms with van der Waals surface area (Å²) in [4.78, 5) is 2.15. The maximum atomic E-state index is 10.9. The SMILES string of the molecule is Cc1ccccc1OS(=O)(=O)N=[N+]=[N-]. The normalized spacial score (nSPS) is 10.4. The summed E-state index contributed by atoms with van der Waals surface area (Å²) in [5.41, 5.74) is 8.59. The monoisotopic (exact) mass is 213 g/mol. The van der Waals surface area contributed by atoms with Crippen LogP contribution in [-0.4, -0.2) is 8.42 Å². The molecule has 0 unspecified atom stereocenters. The molecular formula is C7H7N3O3S. The molecule has 0 aliphatic rings. The van der Waals surface area contributed by atoms with E-state index in [9.17, 15) is 8.42 Å². The molecule has 7 heteroatoms. The molecule has 6 nitrogen and oxygen atoms in total. The Morgan fingerprint density at radius 2 is 2.07 bits per heavy atom. The standard InChI is InChI=1S/C7H7N3O3S/c1-6-4-2-3-5-7(6)13-14(11,12)10-9-8/h2-5H,1H3. The number of aryl methyl sites for hydroxylation is 1. The van der Waals surface area contributed by atoms with Gasteiger partial charge in [-0.1, -0.05) is 18.2 Å². The Morgan fingerprint density at radius 3 is 2.64 bits per heavy atom. The zero-order chi connectivity index (χ0) is 10.6. The van der Waals surface area contributed by atoms with Crippen LogP contribution in [0.5, 0.6) is 5.75 Å². The van der Waals surface area contributed by atoms with Crippen LogP contribution in [0.3, 0.4) is 0 Å². The van der Waals surface area contributed by atoms with Crippen molar-refractivity contribution in [2.75, 3.05) is 0 Å². The summed E-state index contributed by atoms with van der Waals surface area (Å²) >= 11 is 0. The van der Waals surface area contributed by atoms with Crippen LogP contribution < -0.4 is 4.18 Å². The van der Waals surface area contributed by atoms with E-state index in [0.717, 1.165) is 0 Å². The summed E-state index contributed by atoms with van der Waals surface area (Å²) in [7, 11) is -4.20. The predicted molar refractivity (Wildman–Crippen MR) is 49.9 cm³/mol. The summed E-state index contributed by atoms with van der Waals surface area (Å²) in [6, 6.07) is 6.51. The Kier molecular flexibility index (Phi) is 2.95. The number of benzene rings is 1. The molecule has 0 heterocycles. The van der Waals surface area contributed by atoms with E-state index < -0.39 is 10.3 Å². The third-order valence-electron chi connectivity index (χ3n) is 1.43. The Labute approximate surface area is 81.0 Å². The zero-order valence-electron chi connectivity index (χ0n) is 7.28. The molecule has 0 saturated heterocycles. The lowest BCUT2D eigenvalue weighted by molar-refractivity contribution is 0.485. The smallest absolute Gasteiger partial charge is 0.376 e. The molecule has 0 saturated carbocycles. The van der Waals surface area contributed by atoms with Crippen molar-refractivity contribution >= 4 is 10.3 Å². The molecule has 0 aliphatic carbocycles. The van der Waals surface area contributed by atoms with Crippen molar-refractivity contribution in [2.24, 2.45) is 4.52 Å². The maximum absolute atomic E-state index is 10.9. The lowest BCUT2D eigenvalue weighted by atomic mass is 10.2. The first-order valence-corrected chi connectivity index (χ1v) is 4.98. The highest BCUT2D eigenvalue weighted by Gasteiger charge is 2.10. The number of azide groups is 1. The Bertz CT molecular complexity index is 477. The van der Waals surface area contributed by atoms with Crippen molar-refractivity contribution < 1.29 is 12.6 Å². The Morgan fingerprint density at radius 1 is 1.43 bits per heavy atom. The van der Waals surface area contributed by atoms with Gasteiger partial charge in [-0.2, -0.15) is 8.42 Å². The second-order valence-corrected chi connectivity index (χ2v) is 3.63. The molecule has 1 aromatic carbocycles. The number of rotatable bonds is 3. The molecule has 0 aromatic heterocycles. The van der Waals surface area contributed by atoms with Crippen LogP contribution in [0.25, 0.3) is 10.4 Å². The highest BCUT2D eigenvalue weighted by Crippen LogP contribution is 2.18. The second-order valence-electron chi connectivity index (χ2n) is 2.45. The Balaban J connectivity index is 3.01. The van der Waals surface area contributed by atoms with E-state index >= 15 is 0 Å². The van der Waals surface area contributed by atoms with Gasteiger partial charge in [0.1, 0.15) is 5.75 Å². The van der Waals surface area contributed by atoms with Crippen molar-refractivity contribution in [2.45, 2.75) is 6.92 Å². The van der Waals surface area contributed by atoms with Gasteiger partial charge in [0.2, 0.25) is 0 Å². The molecule has 1 rings (SSSR count). The molecule has 14 heavy (non-hydrogen) atoms. The molecule has 1 aromatic rings. The van der Waals surface area contributed by atoms with Crippen molar-refractivity contribution in [1.29, 1.82) is 0 Å². The minimum absolute atomic E-state index is 0.153. The number of hydrogen-bond acceptors (Lipinski definition) is 3. The van der Waals surface area contributed by atoms with Gasteiger partial charge in [-0.05, 0) is 24.1 Å². The van der Waals surface area contributed by atoms with E-state index in [1.54, 1.807) is 25.1 Å². The van der Waals surface area contributed by atoms with E-state index in [-0.39, 0.29) is 5.75 Å². The first kappa shape index (κ1) is 10.4. The van der Waals surface area contributed by atoms with E-state index in [1.165, 1.54) is 6.07 Å². The third kappa shape index (κ3) is 2.65. The number of nitrogens with zero attached hydrogens (tertiary/aromatic N) is 3. The average molecular weight is 213 g/mol. The van der Waals surface area contributed by atoms with Crippen LogP contribution in [0, 0.1) is 6.92 Å². The van der Waals surface area contributed by atoms with Gasteiger partial charge in [0.15, 0.2) is 0 Å². The van der Waals surface area contributed by atoms with E-state index in [2.05, 4.69) is 13.6 Å². The largest absolute Gasteiger partial charge is 0.403 e. The topological polar surface area (TPSA) is 92.1 Å². The van der Waals surface area contributed by atoms with Gasteiger partial charge in [0.05, 0.1) is 4.52 Å². The van der Waals surface area contributed by atoms with Crippen molar-refractivity contribution in [3.8, 4) is 5.75 Å². The minimum Gasteiger partial charge on any atom is -0.376 e. The third-order valence-corrected chi connectivity index (χ3v) is 2.09. The fourth-order valence-electron chi connectivity index (χ4n) is 0.825. The van der Waals surface area contributed by atoms with Crippen molar-refractivity contribution in [3.63, 3.8) is 0 Å². The highest BCUT2D eigenvalue weighted by molar-refractivity contribution is 7.85. The lowest BCUT2D eigenvalue weighted by Gasteiger charge is -2.03. The average Bonchev–Trinajstić information content (AvgIpc) is 2.08. The molecule has 0 aliphatic heterocycles. The summed E-state index contributed by atoms with van der Waals surface area (Å²) in [5.74, 6) is 0.153. The fraction of sp³-hybridized carbons (Fsp3) is 0.143. The van der Waals surface area contributed by atoms with Gasteiger partial charge in [-0.25, -0.2) is 0 Å². The van der Waals surface area contributed by atoms with Crippen molar-refractivity contribution in [1.82, 2.24) is 0 Å². The molecule has 0 bridgehead atoms. The van der Waals surface area contributed by atoms with Crippen LogP contribution in [0.15, 0.2) is 28.8 Å². The van der Waals surface area contributed by atoms with Gasteiger partial charge in [-0.15, -0.1) is 0 Å². The molecule has 0 spiro atoms. The summed E-state index contributed by atoms with van der Waals surface area (Å²) in [5, 5.41) is 0. The van der Waals surface area contributed by atoms with Crippen LogP contribution in [0.4, 0.5) is 0 Å². The van der Waals surface area contributed by atoms with Crippen LogP contribution in [0.1, 0.15) is 5.56 Å². The predicted octanol–water partition coefficient (Wildman–Crippen LogP) is 1.93. The van der Waals surface area contributed by atoms with E-state index in [1.807, 2.05) is 0 Å². The molecule has 0 radical (unpaired) electrons. The molecule has 0 atom stereocenters. The minimum atomic E-state index is -4.20. The molecule has 74 valence electrons. The maximum Gasteiger partial charge on any atom is 0.403 e. The van der Waals surface area contributed by atoms with Crippen LogP contribution in [-0.2, 0) is 10.3 Å². The van der Waals surface area contributed by atoms with Gasteiger partial charge in [0.25, 0.3) is 0 Å². The molecule has 0 amide bonds. The van der Waals surface area contributed by atoms with Gasteiger partial charge >= 0.3 is 10.3 Å². The first-order valence-electron chi connectivity index (χ1n) is 3.61. The van der Waals surface area contributed by atoms with Gasteiger partial charge in [0, 0.05) is 4.91 Å². The zero-order valence-corrected chi connectivity index (χ0v) is 8.10. The van der Waals surface area contributed by atoms with Gasteiger partial charge in [-0.3, -0.25) is 0 Å². The highest BCUT2D eigenvalue weighted by atomic mass is 32.2. The lowest BCUT2D eigenvalue weighted by Crippen LogP contribution is -2.05. The summed E-state index contributed by atoms with van der Waals surface area (Å²) in [6.45, 7) is 1.68. The van der Waals surface area contributed by atoms with Crippen LogP contribution >= 0.6 is 0 Å². The quantitative estimate of drug-likeness (QED) is 0.436. The summed E-state index contributed by atoms with van der Waals surface area (Å²) < 4.78 is 28.9. The summed E-state index contributed by atoms with van der Waals surface area (Å²) in [6.07, 6.45) is 0. The van der Waals surface area contributed by atoms with Crippen LogP contribution in [0.2, 0.25) is 0 Å². The van der Waals surface area contributed by atoms with Crippen molar-refractivity contribution in [3.05, 3.63) is 40.3 Å². The molecule has 0 N–H and O–H groups in total. The van der Waals surface area contributed by atoms with E-state index in [0.29, 0.717) is 5.56 Å². The fourth-order valence-corrected chi connectivity index (χ4v) is 1.36. The Hall–Kier alpha value is -1.72. The van der Waals surface area contributed by atoms with Gasteiger partial charge < -0.3 is 4.18 Å². The number of para-hydroxylation sites is 1.